The fraction of sp³-hybridized carbons (Fsp3) is 0.368. The van der Waals surface area contributed by atoms with Crippen molar-refractivity contribution >= 4 is 17.5 Å². The average molecular weight is 341 g/mol. The predicted molar refractivity (Wildman–Crippen MR) is 93.9 cm³/mol. The van der Waals surface area contributed by atoms with Crippen LogP contribution >= 0.6 is 0 Å². The normalized spacial score (nSPS) is 17.6. The number of anilines is 2. The lowest BCUT2D eigenvalue weighted by molar-refractivity contribution is 0.0690. The Bertz CT molecular complexity index is 803. The number of benzene rings is 1. The summed E-state index contributed by atoms with van der Waals surface area (Å²) in [6.07, 6.45) is 2.86. The van der Waals surface area contributed by atoms with Crippen molar-refractivity contribution in [2.75, 3.05) is 29.4 Å². The van der Waals surface area contributed by atoms with E-state index >= 15 is 0 Å². The number of aromatic nitrogens is 1. The van der Waals surface area contributed by atoms with Crippen LogP contribution in [-0.2, 0) is 6.42 Å². The molecular formula is C19H20FN3O2. The number of nitrogens with zero attached hydrogens (tertiary/aromatic N) is 3. The molecule has 6 heteroatoms. The second-order valence-electron chi connectivity index (χ2n) is 6.62. The molecule has 0 bridgehead atoms. The summed E-state index contributed by atoms with van der Waals surface area (Å²) >= 11 is 0. The van der Waals surface area contributed by atoms with Crippen LogP contribution < -0.4 is 9.80 Å². The van der Waals surface area contributed by atoms with Gasteiger partial charge in [0, 0.05) is 31.4 Å². The summed E-state index contributed by atoms with van der Waals surface area (Å²) in [5.74, 6) is -0.445. The van der Waals surface area contributed by atoms with Crippen molar-refractivity contribution in [1.82, 2.24) is 4.98 Å². The van der Waals surface area contributed by atoms with Gasteiger partial charge < -0.3 is 14.9 Å². The molecule has 0 radical (unpaired) electrons. The Hall–Kier alpha value is -2.63. The maximum absolute atomic E-state index is 13.4. The van der Waals surface area contributed by atoms with E-state index in [-0.39, 0.29) is 11.5 Å². The summed E-state index contributed by atoms with van der Waals surface area (Å²) in [5.41, 5.74) is 2.33. The highest BCUT2D eigenvalue weighted by atomic mass is 19.1. The number of pyridine rings is 1. The van der Waals surface area contributed by atoms with Crippen LogP contribution in [-0.4, -0.2) is 41.7 Å². The van der Waals surface area contributed by atoms with Crippen molar-refractivity contribution in [2.45, 2.75) is 25.3 Å². The number of carboxylic acid groups (broad SMARTS) is 1. The molecule has 25 heavy (non-hydrogen) atoms. The van der Waals surface area contributed by atoms with Crippen molar-refractivity contribution in [3.8, 4) is 0 Å². The average Bonchev–Trinajstić information content (AvgIpc) is 3.05. The summed E-state index contributed by atoms with van der Waals surface area (Å²) in [5, 5.41) is 9.09. The third-order valence-electron chi connectivity index (χ3n) is 5.16. The third-order valence-corrected chi connectivity index (χ3v) is 5.16. The van der Waals surface area contributed by atoms with Crippen LogP contribution in [0.5, 0.6) is 0 Å². The molecule has 0 amide bonds. The minimum absolute atomic E-state index is 0.0788. The maximum atomic E-state index is 13.4. The molecule has 3 heterocycles. The molecule has 2 aliphatic heterocycles. The molecule has 0 aliphatic carbocycles. The lowest BCUT2D eigenvalue weighted by Crippen LogP contribution is -2.44. The quantitative estimate of drug-likeness (QED) is 0.930. The van der Waals surface area contributed by atoms with Gasteiger partial charge >= 0.3 is 5.97 Å². The first kappa shape index (κ1) is 15.9. The fourth-order valence-electron chi connectivity index (χ4n) is 3.90. The topological polar surface area (TPSA) is 56.7 Å². The van der Waals surface area contributed by atoms with E-state index in [4.69, 9.17) is 5.11 Å². The van der Waals surface area contributed by atoms with Crippen LogP contribution in [0, 0.1) is 5.82 Å². The van der Waals surface area contributed by atoms with E-state index < -0.39 is 5.97 Å². The SMILES string of the molecule is O=C(O)c1cccc(N2CCC(N3CCc4cc(F)ccc43)CC2)n1. The van der Waals surface area contributed by atoms with E-state index in [0.717, 1.165) is 56.0 Å². The van der Waals surface area contributed by atoms with Crippen molar-refractivity contribution in [1.29, 1.82) is 0 Å². The maximum Gasteiger partial charge on any atom is 0.354 e. The largest absolute Gasteiger partial charge is 0.477 e. The fourth-order valence-corrected chi connectivity index (χ4v) is 3.90. The van der Waals surface area contributed by atoms with E-state index in [1.54, 1.807) is 12.1 Å². The molecule has 2 aromatic rings. The number of halogens is 1. The van der Waals surface area contributed by atoms with Crippen molar-refractivity contribution in [2.24, 2.45) is 0 Å². The van der Waals surface area contributed by atoms with Gasteiger partial charge in [-0.1, -0.05) is 6.07 Å². The molecule has 1 fully saturated rings. The van der Waals surface area contributed by atoms with Gasteiger partial charge in [-0.15, -0.1) is 0 Å². The Labute approximate surface area is 145 Å². The standard InChI is InChI=1S/C19H20FN3O2/c20-14-4-5-17-13(12-14)6-11-23(17)15-7-9-22(10-8-15)18-3-1-2-16(21-18)19(24)25/h1-5,12,15H,6-11H2,(H,24,25). The van der Waals surface area contributed by atoms with E-state index in [0.29, 0.717) is 6.04 Å². The van der Waals surface area contributed by atoms with Crippen LogP contribution in [0.2, 0.25) is 0 Å². The number of aromatic carboxylic acids is 1. The number of carboxylic acids is 1. The summed E-state index contributed by atoms with van der Waals surface area (Å²) in [6.45, 7) is 2.62. The first-order valence-corrected chi connectivity index (χ1v) is 8.62. The molecule has 1 N–H and O–H groups in total. The Balaban J connectivity index is 1.44. The number of carbonyl (C=O) groups is 1. The van der Waals surface area contributed by atoms with E-state index in [9.17, 15) is 9.18 Å². The van der Waals surface area contributed by atoms with Gasteiger partial charge in [-0.25, -0.2) is 14.2 Å². The Morgan fingerprint density at radius 2 is 1.96 bits per heavy atom. The summed E-state index contributed by atoms with van der Waals surface area (Å²) in [7, 11) is 0. The van der Waals surface area contributed by atoms with Gasteiger partial charge in [-0.3, -0.25) is 0 Å². The minimum Gasteiger partial charge on any atom is -0.477 e. The van der Waals surface area contributed by atoms with E-state index in [2.05, 4.69) is 14.8 Å². The lowest BCUT2D eigenvalue weighted by atomic mass is 10.0. The summed E-state index contributed by atoms with van der Waals surface area (Å²) < 4.78 is 13.4. The van der Waals surface area contributed by atoms with Crippen molar-refractivity contribution in [3.63, 3.8) is 0 Å². The third kappa shape index (κ3) is 3.04. The van der Waals surface area contributed by atoms with Gasteiger partial charge in [0.05, 0.1) is 0 Å². The van der Waals surface area contributed by atoms with Crippen LogP contribution in [0.4, 0.5) is 15.9 Å². The van der Waals surface area contributed by atoms with Crippen LogP contribution in [0.25, 0.3) is 0 Å². The second-order valence-corrected chi connectivity index (χ2v) is 6.62. The molecule has 0 saturated carbocycles. The zero-order valence-electron chi connectivity index (χ0n) is 13.9. The molecular weight excluding hydrogens is 321 g/mol. The Morgan fingerprint density at radius 1 is 1.16 bits per heavy atom. The first-order chi connectivity index (χ1) is 12.1. The van der Waals surface area contributed by atoms with E-state index in [1.807, 2.05) is 12.1 Å². The monoisotopic (exact) mass is 341 g/mol. The molecule has 1 aromatic heterocycles. The van der Waals surface area contributed by atoms with Crippen LogP contribution in [0.3, 0.4) is 0 Å². The minimum atomic E-state index is -1.00. The smallest absolute Gasteiger partial charge is 0.354 e. The Morgan fingerprint density at radius 3 is 2.72 bits per heavy atom. The number of hydrogen-bond donors (Lipinski definition) is 1. The van der Waals surface area contributed by atoms with Gasteiger partial charge in [0.15, 0.2) is 5.69 Å². The van der Waals surface area contributed by atoms with Crippen molar-refractivity contribution in [3.05, 3.63) is 53.5 Å². The molecule has 1 saturated heterocycles. The first-order valence-electron chi connectivity index (χ1n) is 8.62. The van der Waals surface area contributed by atoms with Gasteiger partial charge in [-0.2, -0.15) is 0 Å². The highest BCUT2D eigenvalue weighted by Gasteiger charge is 2.29. The van der Waals surface area contributed by atoms with Crippen molar-refractivity contribution < 1.29 is 14.3 Å². The van der Waals surface area contributed by atoms with Gasteiger partial charge in [0.25, 0.3) is 0 Å². The zero-order chi connectivity index (χ0) is 17.4. The number of fused-ring (bicyclic) bond motifs is 1. The van der Waals surface area contributed by atoms with Gasteiger partial charge in [0.2, 0.25) is 0 Å². The number of rotatable bonds is 3. The highest BCUT2D eigenvalue weighted by molar-refractivity contribution is 5.85. The second kappa shape index (κ2) is 6.35. The molecule has 2 aliphatic rings. The van der Waals surface area contributed by atoms with E-state index in [1.165, 1.54) is 12.1 Å². The predicted octanol–water partition coefficient (Wildman–Crippen LogP) is 2.95. The number of piperidine rings is 1. The summed E-state index contributed by atoms with van der Waals surface area (Å²) in [6, 6.07) is 10.6. The van der Waals surface area contributed by atoms with Gasteiger partial charge in [0.1, 0.15) is 11.6 Å². The zero-order valence-corrected chi connectivity index (χ0v) is 13.9. The molecule has 5 nitrogen and oxygen atoms in total. The summed E-state index contributed by atoms with van der Waals surface area (Å²) in [4.78, 5) is 19.9. The highest BCUT2D eigenvalue weighted by Crippen LogP contribution is 2.33. The molecule has 0 atom stereocenters. The molecule has 4 rings (SSSR count). The van der Waals surface area contributed by atoms with Crippen LogP contribution in [0.1, 0.15) is 28.9 Å². The van der Waals surface area contributed by atoms with Crippen LogP contribution in [0.15, 0.2) is 36.4 Å². The van der Waals surface area contributed by atoms with Gasteiger partial charge in [-0.05, 0) is 55.2 Å². The molecule has 1 aromatic carbocycles. The number of hydrogen-bond acceptors (Lipinski definition) is 4. The molecule has 0 spiro atoms. The lowest BCUT2D eigenvalue weighted by Gasteiger charge is -2.38. The molecule has 130 valence electrons. The molecule has 0 unspecified atom stereocenters. The Kier molecular flexibility index (Phi) is 4.03.